The summed E-state index contributed by atoms with van der Waals surface area (Å²) in [6.45, 7) is 5.94. The minimum Gasteiger partial charge on any atom is -0.507 e. The van der Waals surface area contributed by atoms with Crippen molar-refractivity contribution in [1.29, 1.82) is 0 Å². The summed E-state index contributed by atoms with van der Waals surface area (Å²) in [6, 6.07) is 12.2. The lowest BCUT2D eigenvalue weighted by molar-refractivity contribution is 0.0984. The number of hydrogen-bond donors (Lipinski definition) is 1. The van der Waals surface area contributed by atoms with Gasteiger partial charge in [-0.15, -0.1) is 0 Å². The highest BCUT2D eigenvalue weighted by molar-refractivity contribution is 6.01. The van der Waals surface area contributed by atoms with Gasteiger partial charge in [-0.1, -0.05) is 63.4 Å². The number of benzene rings is 2. The zero-order chi connectivity index (χ0) is 17.5. The van der Waals surface area contributed by atoms with Crippen molar-refractivity contribution in [3.05, 3.63) is 53.1 Å². The van der Waals surface area contributed by atoms with E-state index in [0.29, 0.717) is 12.0 Å². The summed E-state index contributed by atoms with van der Waals surface area (Å²) in [5, 5.41) is 10.7. The lowest BCUT2D eigenvalue weighted by Crippen LogP contribution is -2.06. The van der Waals surface area contributed by atoms with Crippen LogP contribution in [0.3, 0.4) is 0 Å². The van der Waals surface area contributed by atoms with Crippen molar-refractivity contribution in [3.63, 3.8) is 0 Å². The van der Waals surface area contributed by atoms with Crippen molar-refractivity contribution < 1.29 is 9.90 Å². The van der Waals surface area contributed by atoms with E-state index >= 15 is 0 Å². The number of phenolic OH excluding ortho intramolecular Hbond substituents is 1. The Labute approximate surface area is 145 Å². The Bertz CT molecular complexity index is 687. The summed E-state index contributed by atoms with van der Waals surface area (Å²) in [4.78, 5) is 12.4. The molecule has 0 saturated heterocycles. The molecule has 0 bridgehead atoms. The smallest absolute Gasteiger partial charge is 0.166 e. The number of unbranched alkanes of at least 4 members (excludes halogenated alkanes) is 3. The van der Waals surface area contributed by atoms with Crippen LogP contribution in [0.4, 0.5) is 0 Å². The topological polar surface area (TPSA) is 37.3 Å². The molecule has 1 N–H and O–H groups in total. The second kappa shape index (κ2) is 8.68. The predicted octanol–water partition coefficient (Wildman–Crippen LogP) is 6.08. The molecule has 0 fully saturated rings. The lowest BCUT2D eigenvalue weighted by Gasteiger charge is -2.17. The van der Waals surface area contributed by atoms with Crippen LogP contribution in [0.15, 0.2) is 36.4 Å². The van der Waals surface area contributed by atoms with Crippen LogP contribution in [-0.4, -0.2) is 10.9 Å². The third-order valence-corrected chi connectivity index (χ3v) is 4.62. The summed E-state index contributed by atoms with van der Waals surface area (Å²) >= 11 is 0. The first-order valence-corrected chi connectivity index (χ1v) is 9.04. The molecular weight excluding hydrogens is 296 g/mol. The fourth-order valence-electron chi connectivity index (χ4n) is 3.17. The molecule has 0 aliphatic heterocycles. The minimum absolute atomic E-state index is 0.0284. The molecule has 0 amide bonds. The summed E-state index contributed by atoms with van der Waals surface area (Å²) in [5.41, 5.74) is 4.41. The molecule has 2 rings (SSSR count). The molecule has 0 saturated carbocycles. The molecule has 2 aromatic carbocycles. The average molecular weight is 324 g/mol. The monoisotopic (exact) mass is 324 g/mol. The van der Waals surface area contributed by atoms with Gasteiger partial charge in [0.05, 0.1) is 5.56 Å². The van der Waals surface area contributed by atoms with Crippen molar-refractivity contribution in [2.75, 3.05) is 0 Å². The van der Waals surface area contributed by atoms with Crippen molar-refractivity contribution in [2.24, 2.45) is 0 Å². The number of ketones is 1. The molecule has 24 heavy (non-hydrogen) atoms. The van der Waals surface area contributed by atoms with Gasteiger partial charge in [0.1, 0.15) is 5.75 Å². The van der Waals surface area contributed by atoms with E-state index in [1.54, 1.807) is 0 Å². The SMILES string of the molecule is CCCCCCc1cc(-c2ccccc2)c(C)c(O)c1C(=O)CC. The molecule has 0 aliphatic carbocycles. The number of rotatable bonds is 8. The van der Waals surface area contributed by atoms with Gasteiger partial charge in [-0.2, -0.15) is 0 Å². The van der Waals surface area contributed by atoms with Gasteiger partial charge in [-0.05, 0) is 48.1 Å². The Hall–Kier alpha value is -2.09. The lowest BCUT2D eigenvalue weighted by atomic mass is 9.89. The van der Waals surface area contributed by atoms with Crippen LogP contribution < -0.4 is 0 Å². The second-order valence-electron chi connectivity index (χ2n) is 6.39. The van der Waals surface area contributed by atoms with Gasteiger partial charge in [-0.3, -0.25) is 4.79 Å². The van der Waals surface area contributed by atoms with Crippen LogP contribution >= 0.6 is 0 Å². The average Bonchev–Trinajstić information content (AvgIpc) is 2.61. The molecule has 0 heterocycles. The Balaban J connectivity index is 2.48. The van der Waals surface area contributed by atoms with Gasteiger partial charge >= 0.3 is 0 Å². The minimum atomic E-state index is 0.0284. The quantitative estimate of drug-likeness (QED) is 0.471. The molecule has 2 aromatic rings. The molecule has 0 unspecified atom stereocenters. The van der Waals surface area contributed by atoms with Gasteiger partial charge in [0, 0.05) is 6.42 Å². The van der Waals surface area contributed by atoms with Crippen LogP contribution in [0.25, 0.3) is 11.1 Å². The van der Waals surface area contributed by atoms with E-state index in [9.17, 15) is 9.90 Å². The predicted molar refractivity (Wildman–Crippen MR) is 101 cm³/mol. The number of aryl methyl sites for hydroxylation is 1. The third-order valence-electron chi connectivity index (χ3n) is 4.62. The first kappa shape index (κ1) is 18.3. The molecule has 128 valence electrons. The maximum Gasteiger partial charge on any atom is 0.166 e. The molecule has 0 aromatic heterocycles. The van der Waals surface area contributed by atoms with E-state index < -0.39 is 0 Å². The van der Waals surface area contributed by atoms with Crippen LogP contribution in [0.2, 0.25) is 0 Å². The van der Waals surface area contributed by atoms with E-state index in [0.717, 1.165) is 41.5 Å². The maximum absolute atomic E-state index is 12.4. The highest BCUT2D eigenvalue weighted by atomic mass is 16.3. The van der Waals surface area contributed by atoms with E-state index in [1.807, 2.05) is 44.2 Å². The Morgan fingerprint density at radius 3 is 2.38 bits per heavy atom. The molecular formula is C22H28O2. The van der Waals surface area contributed by atoms with E-state index in [2.05, 4.69) is 13.0 Å². The largest absolute Gasteiger partial charge is 0.507 e. The second-order valence-corrected chi connectivity index (χ2v) is 6.39. The number of phenols is 1. The summed E-state index contributed by atoms with van der Waals surface area (Å²) < 4.78 is 0. The Kier molecular flexibility index (Phi) is 6.60. The fourth-order valence-corrected chi connectivity index (χ4v) is 3.17. The van der Waals surface area contributed by atoms with E-state index in [1.165, 1.54) is 12.8 Å². The van der Waals surface area contributed by atoms with E-state index in [4.69, 9.17) is 0 Å². The van der Waals surface area contributed by atoms with Gasteiger partial charge in [0.2, 0.25) is 0 Å². The number of hydrogen-bond acceptors (Lipinski definition) is 2. The molecule has 0 radical (unpaired) electrons. The number of carbonyl (C=O) groups excluding carboxylic acids is 1. The highest BCUT2D eigenvalue weighted by Crippen LogP contribution is 2.36. The Morgan fingerprint density at radius 2 is 1.75 bits per heavy atom. The molecule has 0 aliphatic rings. The van der Waals surface area contributed by atoms with Crippen molar-refractivity contribution >= 4 is 5.78 Å². The summed E-state index contributed by atoms with van der Waals surface area (Å²) in [6.07, 6.45) is 5.87. The maximum atomic E-state index is 12.4. The first-order chi connectivity index (χ1) is 11.6. The number of Topliss-reactive ketones (excluding diaryl/α,β-unsaturated/α-hetero) is 1. The Morgan fingerprint density at radius 1 is 1.04 bits per heavy atom. The van der Waals surface area contributed by atoms with Crippen LogP contribution in [0, 0.1) is 6.92 Å². The van der Waals surface area contributed by atoms with Gasteiger partial charge in [0.15, 0.2) is 5.78 Å². The van der Waals surface area contributed by atoms with E-state index in [-0.39, 0.29) is 11.5 Å². The number of carbonyl (C=O) groups is 1. The van der Waals surface area contributed by atoms with Crippen molar-refractivity contribution in [1.82, 2.24) is 0 Å². The van der Waals surface area contributed by atoms with Gasteiger partial charge in [0.25, 0.3) is 0 Å². The van der Waals surface area contributed by atoms with Crippen molar-refractivity contribution in [3.8, 4) is 16.9 Å². The molecule has 0 atom stereocenters. The summed E-state index contributed by atoms with van der Waals surface area (Å²) in [5.74, 6) is 0.189. The van der Waals surface area contributed by atoms with Gasteiger partial charge in [-0.25, -0.2) is 0 Å². The van der Waals surface area contributed by atoms with Crippen LogP contribution in [0.1, 0.15) is 67.4 Å². The number of aromatic hydroxyl groups is 1. The van der Waals surface area contributed by atoms with Gasteiger partial charge < -0.3 is 5.11 Å². The fraction of sp³-hybridized carbons (Fsp3) is 0.409. The molecule has 0 spiro atoms. The first-order valence-electron chi connectivity index (χ1n) is 9.04. The molecule has 2 nitrogen and oxygen atoms in total. The zero-order valence-electron chi connectivity index (χ0n) is 15.1. The van der Waals surface area contributed by atoms with Crippen LogP contribution in [-0.2, 0) is 6.42 Å². The van der Waals surface area contributed by atoms with Crippen LogP contribution in [0.5, 0.6) is 5.75 Å². The highest BCUT2D eigenvalue weighted by Gasteiger charge is 2.20. The normalized spacial score (nSPS) is 10.8. The molecule has 2 heteroatoms. The zero-order valence-corrected chi connectivity index (χ0v) is 15.1. The standard InChI is InChI=1S/C22H28O2/c1-4-6-7-9-14-18-15-19(17-12-10-8-11-13-17)16(3)22(24)21(18)20(23)5-2/h8,10-13,15,24H,4-7,9,14H2,1-3H3. The van der Waals surface area contributed by atoms with Crippen molar-refractivity contribution in [2.45, 2.75) is 59.3 Å². The third kappa shape index (κ3) is 4.05. The summed E-state index contributed by atoms with van der Waals surface area (Å²) in [7, 11) is 0.